The molecule has 110 valence electrons. The average molecular weight is 297 g/mol. The second-order valence-corrected chi connectivity index (χ2v) is 5.26. The van der Waals surface area contributed by atoms with Gasteiger partial charge in [0.15, 0.2) is 0 Å². The van der Waals surface area contributed by atoms with Gasteiger partial charge in [-0.25, -0.2) is 0 Å². The fourth-order valence-electron chi connectivity index (χ4n) is 1.72. The van der Waals surface area contributed by atoms with Gasteiger partial charge in [-0.3, -0.25) is 0 Å². The number of ether oxygens (including phenoxy) is 1. The number of furan rings is 1. The van der Waals surface area contributed by atoms with Crippen molar-refractivity contribution >= 4 is 11.3 Å². The quantitative estimate of drug-likeness (QED) is 0.655. The van der Waals surface area contributed by atoms with Crippen LogP contribution in [0.15, 0.2) is 39.6 Å². The van der Waals surface area contributed by atoms with Gasteiger partial charge in [-0.2, -0.15) is 11.3 Å². The first-order valence-electron chi connectivity index (χ1n) is 6.45. The molecule has 0 saturated heterocycles. The van der Waals surface area contributed by atoms with Gasteiger partial charge in [-0.15, -0.1) is 0 Å². The minimum absolute atomic E-state index is 0.224. The molecule has 0 radical (unpaired) electrons. The number of hydrogen-bond donors (Lipinski definition) is 3. The molecular weight excluding hydrogens is 278 g/mol. The van der Waals surface area contributed by atoms with Crippen LogP contribution < -0.4 is 5.32 Å². The smallest absolute Gasteiger partial charge is 0.129 e. The van der Waals surface area contributed by atoms with Crippen molar-refractivity contribution in [3.63, 3.8) is 0 Å². The van der Waals surface area contributed by atoms with Crippen LogP contribution in [-0.2, 0) is 11.3 Å². The molecule has 0 aliphatic rings. The molecule has 2 unspecified atom stereocenters. The summed E-state index contributed by atoms with van der Waals surface area (Å²) in [5.41, 5.74) is 0.894. The highest BCUT2D eigenvalue weighted by molar-refractivity contribution is 7.07. The van der Waals surface area contributed by atoms with Crippen molar-refractivity contribution in [3.05, 3.63) is 46.5 Å². The van der Waals surface area contributed by atoms with Gasteiger partial charge in [-0.1, -0.05) is 0 Å². The number of rotatable bonds is 9. The molecule has 0 spiro atoms. The van der Waals surface area contributed by atoms with Gasteiger partial charge < -0.3 is 24.7 Å². The molecular formula is C14H19NO4S. The molecule has 0 aliphatic heterocycles. The zero-order valence-electron chi connectivity index (χ0n) is 11.1. The predicted molar refractivity (Wildman–Crippen MR) is 76.5 cm³/mol. The highest BCUT2D eigenvalue weighted by atomic mass is 32.1. The summed E-state index contributed by atoms with van der Waals surface area (Å²) in [6, 6.07) is 5.50. The van der Waals surface area contributed by atoms with Gasteiger partial charge in [0.2, 0.25) is 0 Å². The average Bonchev–Trinajstić information content (AvgIpc) is 3.12. The van der Waals surface area contributed by atoms with E-state index >= 15 is 0 Å². The van der Waals surface area contributed by atoms with Gasteiger partial charge >= 0.3 is 0 Å². The molecule has 0 saturated carbocycles. The van der Waals surface area contributed by atoms with Crippen LogP contribution in [0.2, 0.25) is 0 Å². The lowest BCUT2D eigenvalue weighted by Crippen LogP contribution is -2.32. The van der Waals surface area contributed by atoms with Gasteiger partial charge in [0.1, 0.15) is 12.4 Å². The maximum atomic E-state index is 9.84. The monoisotopic (exact) mass is 297 g/mol. The van der Waals surface area contributed by atoms with E-state index in [2.05, 4.69) is 5.32 Å². The molecule has 2 heterocycles. The Hall–Kier alpha value is -1.18. The second-order valence-electron chi connectivity index (χ2n) is 4.48. The van der Waals surface area contributed by atoms with Gasteiger partial charge in [-0.05, 0) is 34.5 Å². The molecule has 2 atom stereocenters. The number of hydrogen-bond acceptors (Lipinski definition) is 6. The summed E-state index contributed by atoms with van der Waals surface area (Å²) in [5.74, 6) is 0.734. The number of thiophene rings is 1. The molecule has 0 aromatic carbocycles. The summed E-state index contributed by atoms with van der Waals surface area (Å²) in [7, 11) is 0. The Bertz CT molecular complexity index is 457. The van der Waals surface area contributed by atoms with Crippen LogP contribution >= 0.6 is 11.3 Å². The molecule has 3 N–H and O–H groups in total. The third-order valence-corrected chi connectivity index (χ3v) is 3.48. The minimum Gasteiger partial charge on any atom is -0.467 e. The zero-order chi connectivity index (χ0) is 14.2. The van der Waals surface area contributed by atoms with Crippen molar-refractivity contribution in [1.82, 2.24) is 5.32 Å². The van der Waals surface area contributed by atoms with E-state index in [1.165, 1.54) is 0 Å². The highest BCUT2D eigenvalue weighted by Crippen LogP contribution is 2.14. The molecule has 20 heavy (non-hydrogen) atoms. The maximum absolute atomic E-state index is 9.84. The Kier molecular flexibility index (Phi) is 6.23. The number of aliphatic hydroxyl groups excluding tert-OH is 2. The van der Waals surface area contributed by atoms with Crippen LogP contribution in [0.4, 0.5) is 0 Å². The van der Waals surface area contributed by atoms with E-state index in [-0.39, 0.29) is 6.61 Å². The molecule has 2 aromatic heterocycles. The summed E-state index contributed by atoms with van der Waals surface area (Å²) in [5, 5.41) is 26.4. The summed E-state index contributed by atoms with van der Waals surface area (Å²) in [6.07, 6.45) is 0.430. The Labute approximate surface area is 121 Å². The molecule has 0 fully saturated rings. The van der Waals surface area contributed by atoms with Crippen LogP contribution in [0.3, 0.4) is 0 Å². The normalized spacial score (nSPS) is 14.3. The Balaban J connectivity index is 1.55. The number of aliphatic hydroxyl groups is 2. The third kappa shape index (κ3) is 5.07. The molecule has 6 heteroatoms. The van der Waals surface area contributed by atoms with E-state index in [0.29, 0.717) is 19.7 Å². The Morgan fingerprint density at radius 1 is 1.30 bits per heavy atom. The van der Waals surface area contributed by atoms with Crippen molar-refractivity contribution in [3.8, 4) is 0 Å². The number of nitrogens with one attached hydrogen (secondary N) is 1. The summed E-state index contributed by atoms with van der Waals surface area (Å²) >= 11 is 1.55. The van der Waals surface area contributed by atoms with Crippen LogP contribution in [0.25, 0.3) is 0 Å². The second kappa shape index (κ2) is 8.18. The van der Waals surface area contributed by atoms with Crippen molar-refractivity contribution in [2.75, 3.05) is 19.7 Å². The lowest BCUT2D eigenvalue weighted by Gasteiger charge is -2.14. The molecule has 2 rings (SSSR count). The zero-order valence-corrected chi connectivity index (χ0v) is 11.9. The predicted octanol–water partition coefficient (Wildman–Crippen LogP) is 1.54. The molecule has 5 nitrogen and oxygen atoms in total. The highest BCUT2D eigenvalue weighted by Gasteiger charge is 2.09. The summed E-state index contributed by atoms with van der Waals surface area (Å²) < 4.78 is 10.4. The minimum atomic E-state index is -0.611. The SMILES string of the molecule is OC(CNCC(O)c1ccsc1)COCc1ccco1. The summed E-state index contributed by atoms with van der Waals surface area (Å²) in [4.78, 5) is 0. The van der Waals surface area contributed by atoms with Gasteiger partial charge in [0.05, 0.1) is 25.1 Å². The Morgan fingerprint density at radius 3 is 2.90 bits per heavy atom. The third-order valence-electron chi connectivity index (χ3n) is 2.78. The van der Waals surface area contributed by atoms with Crippen LogP contribution in [-0.4, -0.2) is 36.0 Å². The first-order valence-corrected chi connectivity index (χ1v) is 7.39. The van der Waals surface area contributed by atoms with Crippen molar-refractivity contribution in [2.45, 2.75) is 18.8 Å². The van der Waals surface area contributed by atoms with Crippen molar-refractivity contribution in [1.29, 1.82) is 0 Å². The maximum Gasteiger partial charge on any atom is 0.129 e. The van der Waals surface area contributed by atoms with Crippen molar-refractivity contribution in [2.24, 2.45) is 0 Å². The first-order chi connectivity index (χ1) is 9.75. The fourth-order valence-corrected chi connectivity index (χ4v) is 2.43. The molecule has 0 aliphatic carbocycles. The molecule has 0 bridgehead atoms. The van der Waals surface area contributed by atoms with Crippen LogP contribution in [0.1, 0.15) is 17.4 Å². The summed E-state index contributed by atoms with van der Waals surface area (Å²) in [6.45, 7) is 1.36. The van der Waals surface area contributed by atoms with E-state index in [4.69, 9.17) is 9.15 Å². The lowest BCUT2D eigenvalue weighted by atomic mass is 10.2. The van der Waals surface area contributed by atoms with Crippen molar-refractivity contribution < 1.29 is 19.4 Å². The van der Waals surface area contributed by atoms with E-state index in [0.717, 1.165) is 11.3 Å². The van der Waals surface area contributed by atoms with Crippen LogP contribution in [0.5, 0.6) is 0 Å². The van der Waals surface area contributed by atoms with E-state index < -0.39 is 12.2 Å². The van der Waals surface area contributed by atoms with Crippen LogP contribution in [0, 0.1) is 0 Å². The van der Waals surface area contributed by atoms with E-state index in [9.17, 15) is 10.2 Å². The van der Waals surface area contributed by atoms with E-state index in [1.54, 1.807) is 23.7 Å². The topological polar surface area (TPSA) is 74.9 Å². The molecule has 0 amide bonds. The van der Waals surface area contributed by atoms with E-state index in [1.807, 2.05) is 22.9 Å². The lowest BCUT2D eigenvalue weighted by molar-refractivity contribution is 0.0213. The van der Waals surface area contributed by atoms with Gasteiger partial charge in [0, 0.05) is 13.1 Å². The van der Waals surface area contributed by atoms with Gasteiger partial charge in [0.25, 0.3) is 0 Å². The largest absolute Gasteiger partial charge is 0.467 e. The standard InChI is InChI=1S/C14H19NO4S/c16-12(8-18-9-13-2-1-4-19-13)6-15-7-14(17)11-3-5-20-10-11/h1-5,10,12,14-17H,6-9H2. The first kappa shape index (κ1) is 15.2. The molecule has 2 aromatic rings. The fraction of sp³-hybridized carbons (Fsp3) is 0.429. The Morgan fingerprint density at radius 2 is 2.20 bits per heavy atom.